The van der Waals surface area contributed by atoms with Gasteiger partial charge in [0.25, 0.3) is 0 Å². The van der Waals surface area contributed by atoms with Gasteiger partial charge in [0.15, 0.2) is 0 Å². The van der Waals surface area contributed by atoms with Gasteiger partial charge in [0.2, 0.25) is 5.91 Å². The Kier molecular flexibility index (Phi) is 5.60. The average molecular weight is 291 g/mol. The van der Waals surface area contributed by atoms with Crippen LogP contribution in [0.4, 0.5) is 0 Å². The molecular weight excluding hydrogens is 270 g/mol. The molecule has 0 radical (unpaired) electrons. The molecule has 1 unspecified atom stereocenters. The normalized spacial score (nSPS) is 16.7. The van der Waals surface area contributed by atoms with Crippen molar-refractivity contribution < 1.29 is 19.4 Å². The number of carbonyl (C=O) groups excluding carboxylic acids is 1. The second kappa shape index (κ2) is 7.67. The van der Waals surface area contributed by atoms with Crippen molar-refractivity contribution in [3.05, 3.63) is 29.8 Å². The second-order valence-corrected chi connectivity index (χ2v) is 5.32. The molecule has 1 aliphatic rings. The van der Waals surface area contributed by atoms with Gasteiger partial charge in [0.1, 0.15) is 12.4 Å². The Morgan fingerprint density at radius 2 is 2.05 bits per heavy atom. The maximum absolute atomic E-state index is 12.1. The van der Waals surface area contributed by atoms with Crippen LogP contribution in [0.25, 0.3) is 0 Å². The quantitative estimate of drug-likeness (QED) is 0.753. The molecule has 0 bridgehead atoms. The third-order valence-corrected chi connectivity index (χ3v) is 3.62. The number of aliphatic carboxylic acids is 1. The van der Waals surface area contributed by atoms with E-state index in [2.05, 4.69) is 5.32 Å². The van der Waals surface area contributed by atoms with Gasteiger partial charge >= 0.3 is 5.97 Å². The van der Waals surface area contributed by atoms with Gasteiger partial charge in [-0.25, -0.2) is 0 Å². The molecule has 2 N–H and O–H groups in total. The number of hydrogen-bond donors (Lipinski definition) is 2. The molecule has 5 nitrogen and oxygen atoms in total. The summed E-state index contributed by atoms with van der Waals surface area (Å²) in [5.74, 6) is -0.0195. The first-order valence-corrected chi connectivity index (χ1v) is 7.37. The summed E-state index contributed by atoms with van der Waals surface area (Å²) in [6, 6.07) is 7.79. The molecule has 1 heterocycles. The van der Waals surface area contributed by atoms with Crippen LogP contribution in [-0.2, 0) is 16.0 Å². The molecule has 1 aromatic rings. The van der Waals surface area contributed by atoms with Crippen LogP contribution in [0.15, 0.2) is 24.3 Å². The summed E-state index contributed by atoms with van der Waals surface area (Å²) in [5.41, 5.74) is 1.07. The Balaban J connectivity index is 1.67. The van der Waals surface area contributed by atoms with Gasteiger partial charge in [-0.1, -0.05) is 24.6 Å². The van der Waals surface area contributed by atoms with Gasteiger partial charge in [-0.05, 0) is 30.9 Å². The number of nitrogens with one attached hydrogen (secondary N) is 1. The number of carbonyl (C=O) groups is 2. The lowest BCUT2D eigenvalue weighted by molar-refractivity contribution is -0.137. The summed E-state index contributed by atoms with van der Waals surface area (Å²) in [4.78, 5) is 22.4. The highest BCUT2D eigenvalue weighted by Crippen LogP contribution is 2.26. The minimum Gasteiger partial charge on any atom is -0.492 e. The average Bonchev–Trinajstić information content (AvgIpc) is 2.49. The Morgan fingerprint density at radius 3 is 2.86 bits per heavy atom. The fourth-order valence-electron chi connectivity index (χ4n) is 2.43. The number of unbranched alkanes of at least 4 members (excludes halogenated alkanes) is 2. The molecule has 1 atom stereocenters. The maximum atomic E-state index is 12.1. The van der Waals surface area contributed by atoms with Crippen molar-refractivity contribution in [2.75, 3.05) is 13.2 Å². The highest BCUT2D eigenvalue weighted by atomic mass is 16.5. The standard InChI is InChI=1S/C16H21NO4/c18-15(19)8-2-1-5-9-17-16(20)13-10-12-6-3-4-7-14(12)21-11-13/h3-4,6-7,13H,1-2,5,8-11H2,(H,17,20)(H,18,19). The van der Waals surface area contributed by atoms with Crippen molar-refractivity contribution in [2.24, 2.45) is 5.92 Å². The number of rotatable bonds is 7. The van der Waals surface area contributed by atoms with Crippen LogP contribution in [0.3, 0.4) is 0 Å². The number of fused-ring (bicyclic) bond motifs is 1. The van der Waals surface area contributed by atoms with E-state index < -0.39 is 5.97 Å². The Bertz CT molecular complexity index is 501. The van der Waals surface area contributed by atoms with Crippen LogP contribution in [0, 0.1) is 5.92 Å². The summed E-state index contributed by atoms with van der Waals surface area (Å²) >= 11 is 0. The summed E-state index contributed by atoms with van der Waals surface area (Å²) in [6.07, 6.45) is 3.19. The predicted molar refractivity (Wildman–Crippen MR) is 78.2 cm³/mol. The number of carboxylic acid groups (broad SMARTS) is 1. The largest absolute Gasteiger partial charge is 0.492 e. The topological polar surface area (TPSA) is 75.6 Å². The maximum Gasteiger partial charge on any atom is 0.303 e. The van der Waals surface area contributed by atoms with Gasteiger partial charge in [0, 0.05) is 13.0 Å². The first-order chi connectivity index (χ1) is 10.2. The Morgan fingerprint density at radius 1 is 1.24 bits per heavy atom. The predicted octanol–water partition coefficient (Wildman–Crippen LogP) is 2.00. The molecule has 0 aromatic heterocycles. The molecule has 114 valence electrons. The number of amides is 1. The molecule has 0 spiro atoms. The van der Waals surface area contributed by atoms with E-state index in [0.717, 1.165) is 24.2 Å². The van der Waals surface area contributed by atoms with Crippen molar-refractivity contribution >= 4 is 11.9 Å². The monoisotopic (exact) mass is 291 g/mol. The summed E-state index contributed by atoms with van der Waals surface area (Å²) in [6.45, 7) is 1.01. The van der Waals surface area contributed by atoms with E-state index in [4.69, 9.17) is 9.84 Å². The van der Waals surface area contributed by atoms with Crippen LogP contribution < -0.4 is 10.1 Å². The Hall–Kier alpha value is -2.04. The van der Waals surface area contributed by atoms with Gasteiger partial charge in [0.05, 0.1) is 5.92 Å². The molecule has 21 heavy (non-hydrogen) atoms. The molecule has 1 aliphatic heterocycles. The molecular formula is C16H21NO4. The van der Waals surface area contributed by atoms with Crippen LogP contribution in [0.1, 0.15) is 31.2 Å². The van der Waals surface area contributed by atoms with Crippen molar-refractivity contribution in [1.82, 2.24) is 5.32 Å². The second-order valence-electron chi connectivity index (χ2n) is 5.32. The van der Waals surface area contributed by atoms with E-state index in [1.54, 1.807) is 0 Å². The lowest BCUT2D eigenvalue weighted by Crippen LogP contribution is -2.37. The molecule has 0 fully saturated rings. The highest BCUT2D eigenvalue weighted by molar-refractivity contribution is 5.79. The molecule has 1 amide bonds. The highest BCUT2D eigenvalue weighted by Gasteiger charge is 2.25. The zero-order valence-corrected chi connectivity index (χ0v) is 12.0. The summed E-state index contributed by atoms with van der Waals surface area (Å²) in [5, 5.41) is 11.4. The van der Waals surface area contributed by atoms with Crippen LogP contribution in [0.5, 0.6) is 5.75 Å². The van der Waals surface area contributed by atoms with E-state index in [0.29, 0.717) is 26.0 Å². The third kappa shape index (κ3) is 4.77. The van der Waals surface area contributed by atoms with E-state index in [-0.39, 0.29) is 18.2 Å². The lowest BCUT2D eigenvalue weighted by atomic mass is 9.96. The van der Waals surface area contributed by atoms with Crippen molar-refractivity contribution in [3.8, 4) is 5.75 Å². The minimum atomic E-state index is -0.767. The van der Waals surface area contributed by atoms with Crippen LogP contribution in [0.2, 0.25) is 0 Å². The molecule has 0 saturated heterocycles. The zero-order valence-electron chi connectivity index (χ0n) is 12.0. The minimum absolute atomic E-state index is 0.0164. The summed E-state index contributed by atoms with van der Waals surface area (Å²) in [7, 11) is 0. The number of para-hydroxylation sites is 1. The van der Waals surface area contributed by atoms with Crippen molar-refractivity contribution in [1.29, 1.82) is 0 Å². The fourth-order valence-corrected chi connectivity index (χ4v) is 2.43. The third-order valence-electron chi connectivity index (χ3n) is 3.62. The van der Waals surface area contributed by atoms with Gasteiger partial charge in [-0.15, -0.1) is 0 Å². The number of ether oxygens (including phenoxy) is 1. The van der Waals surface area contributed by atoms with Crippen molar-refractivity contribution in [2.45, 2.75) is 32.1 Å². The fraction of sp³-hybridized carbons (Fsp3) is 0.500. The molecule has 0 saturated carbocycles. The Labute approximate surface area is 124 Å². The number of hydrogen-bond acceptors (Lipinski definition) is 3. The molecule has 1 aromatic carbocycles. The first-order valence-electron chi connectivity index (χ1n) is 7.37. The van der Waals surface area contributed by atoms with Crippen LogP contribution >= 0.6 is 0 Å². The van der Waals surface area contributed by atoms with Crippen molar-refractivity contribution in [3.63, 3.8) is 0 Å². The number of benzene rings is 1. The van der Waals surface area contributed by atoms with E-state index >= 15 is 0 Å². The van der Waals surface area contributed by atoms with Gasteiger partial charge < -0.3 is 15.2 Å². The van der Waals surface area contributed by atoms with E-state index in [1.807, 2.05) is 24.3 Å². The lowest BCUT2D eigenvalue weighted by Gasteiger charge is -2.24. The van der Waals surface area contributed by atoms with E-state index in [1.165, 1.54) is 0 Å². The van der Waals surface area contributed by atoms with Gasteiger partial charge in [-0.2, -0.15) is 0 Å². The first kappa shape index (κ1) is 15.4. The van der Waals surface area contributed by atoms with Gasteiger partial charge in [-0.3, -0.25) is 9.59 Å². The zero-order chi connectivity index (χ0) is 15.1. The smallest absolute Gasteiger partial charge is 0.303 e. The molecule has 0 aliphatic carbocycles. The number of carboxylic acids is 1. The van der Waals surface area contributed by atoms with Crippen LogP contribution in [-0.4, -0.2) is 30.1 Å². The molecule has 5 heteroatoms. The SMILES string of the molecule is O=C(O)CCCCCNC(=O)C1COc2ccccc2C1. The summed E-state index contributed by atoms with van der Waals surface area (Å²) < 4.78 is 5.60. The molecule has 2 rings (SSSR count). The van der Waals surface area contributed by atoms with E-state index in [9.17, 15) is 9.59 Å².